The number of rotatable bonds is 5. The highest BCUT2D eigenvalue weighted by atomic mass is 32.1. The van der Waals surface area contributed by atoms with Crippen molar-refractivity contribution in [3.8, 4) is 56.2 Å². The number of hydrogen-bond donors (Lipinski definition) is 0. The second-order valence-electron chi connectivity index (χ2n) is 10.6. The molecule has 0 radical (unpaired) electrons. The number of hydrogen-bond acceptors (Lipinski definition) is 3. The van der Waals surface area contributed by atoms with Crippen LogP contribution in [0.15, 0.2) is 158 Å². The summed E-state index contributed by atoms with van der Waals surface area (Å²) in [6.07, 6.45) is 0. The van der Waals surface area contributed by atoms with Gasteiger partial charge in [0, 0.05) is 36.9 Å². The molecule has 0 N–H and O–H groups in total. The van der Waals surface area contributed by atoms with Crippen LogP contribution in [0.4, 0.5) is 0 Å². The number of thiophene rings is 1. The summed E-state index contributed by atoms with van der Waals surface area (Å²) < 4.78 is 2.52. The quantitative estimate of drug-likeness (QED) is 0.207. The molecule has 0 aliphatic carbocycles. The van der Waals surface area contributed by atoms with E-state index in [9.17, 15) is 0 Å². The lowest BCUT2D eigenvalue weighted by Crippen LogP contribution is -1.96. The highest BCUT2D eigenvalue weighted by molar-refractivity contribution is 7.25. The van der Waals surface area contributed by atoms with Gasteiger partial charge in [0.15, 0.2) is 5.82 Å². The summed E-state index contributed by atoms with van der Waals surface area (Å²) in [6.45, 7) is 0. The summed E-state index contributed by atoms with van der Waals surface area (Å²) >= 11 is 1.82. The minimum Gasteiger partial charge on any atom is -0.228 e. The maximum Gasteiger partial charge on any atom is 0.161 e. The topological polar surface area (TPSA) is 25.8 Å². The van der Waals surface area contributed by atoms with Crippen LogP contribution in [0, 0.1) is 0 Å². The molecule has 3 heteroatoms. The predicted octanol–water partition coefficient (Wildman–Crippen LogP) is 11.2. The smallest absolute Gasteiger partial charge is 0.161 e. The number of nitrogens with zero attached hydrogens (tertiary/aromatic N) is 2. The Kier molecular flexibility index (Phi) is 6.36. The maximum absolute atomic E-state index is 5.20. The van der Waals surface area contributed by atoms with Crippen molar-refractivity contribution in [2.75, 3.05) is 0 Å². The van der Waals surface area contributed by atoms with Crippen molar-refractivity contribution in [2.24, 2.45) is 0 Å². The summed E-state index contributed by atoms with van der Waals surface area (Å²) in [5.41, 5.74) is 9.77. The highest BCUT2D eigenvalue weighted by Gasteiger charge is 2.16. The fraction of sp³-hybridized carbons (Fsp3) is 0. The molecule has 8 aromatic rings. The van der Waals surface area contributed by atoms with E-state index in [1.807, 2.05) is 23.5 Å². The second kappa shape index (κ2) is 10.8. The zero-order valence-corrected chi connectivity index (χ0v) is 24.1. The molecular weight excluding hydrogens is 541 g/mol. The third-order valence-corrected chi connectivity index (χ3v) is 9.08. The Hall–Kier alpha value is -5.38. The van der Waals surface area contributed by atoms with Crippen LogP contribution in [0.1, 0.15) is 0 Å². The zero-order chi connectivity index (χ0) is 28.6. The fourth-order valence-electron chi connectivity index (χ4n) is 5.75. The van der Waals surface area contributed by atoms with E-state index in [1.165, 1.54) is 42.4 Å². The number of aromatic nitrogens is 2. The molecule has 0 spiro atoms. The van der Waals surface area contributed by atoms with E-state index in [2.05, 4.69) is 146 Å². The van der Waals surface area contributed by atoms with Crippen molar-refractivity contribution in [1.82, 2.24) is 9.97 Å². The van der Waals surface area contributed by atoms with Crippen molar-refractivity contribution in [3.05, 3.63) is 158 Å². The van der Waals surface area contributed by atoms with Gasteiger partial charge in [0.1, 0.15) is 0 Å². The molecule has 0 bridgehead atoms. The predicted molar refractivity (Wildman–Crippen MR) is 182 cm³/mol. The van der Waals surface area contributed by atoms with Crippen molar-refractivity contribution < 1.29 is 0 Å². The Balaban J connectivity index is 1.29. The first-order chi connectivity index (χ1) is 21.3. The average molecular weight is 567 g/mol. The molecule has 2 aromatic heterocycles. The van der Waals surface area contributed by atoms with Crippen molar-refractivity contribution in [2.45, 2.75) is 0 Å². The number of benzene rings is 6. The summed E-state index contributed by atoms with van der Waals surface area (Å²) in [7, 11) is 0. The van der Waals surface area contributed by atoms with Crippen LogP contribution >= 0.6 is 11.3 Å². The van der Waals surface area contributed by atoms with Crippen molar-refractivity contribution >= 4 is 31.5 Å². The van der Waals surface area contributed by atoms with Gasteiger partial charge in [-0.1, -0.05) is 140 Å². The molecule has 0 fully saturated rings. The monoisotopic (exact) mass is 566 g/mol. The third-order valence-electron chi connectivity index (χ3n) is 7.95. The Labute approximate surface area is 254 Å². The van der Waals surface area contributed by atoms with Crippen LogP contribution in [0.2, 0.25) is 0 Å². The molecular formula is C40H26N2S. The van der Waals surface area contributed by atoms with Crippen LogP contribution in [0.3, 0.4) is 0 Å². The Bertz CT molecular complexity index is 2100. The number of fused-ring (bicyclic) bond motifs is 3. The Morgan fingerprint density at radius 1 is 0.372 bits per heavy atom. The van der Waals surface area contributed by atoms with Crippen molar-refractivity contribution in [1.29, 1.82) is 0 Å². The molecule has 0 saturated heterocycles. The van der Waals surface area contributed by atoms with Gasteiger partial charge in [-0.2, -0.15) is 0 Å². The molecule has 0 saturated carbocycles. The summed E-state index contributed by atoms with van der Waals surface area (Å²) in [6, 6.07) is 55.5. The van der Waals surface area contributed by atoms with E-state index in [0.29, 0.717) is 0 Å². The van der Waals surface area contributed by atoms with Crippen LogP contribution < -0.4 is 0 Å². The molecule has 2 heterocycles. The lowest BCUT2D eigenvalue weighted by Gasteiger charge is -2.11. The first kappa shape index (κ1) is 25.3. The average Bonchev–Trinajstić information content (AvgIpc) is 3.48. The van der Waals surface area contributed by atoms with Gasteiger partial charge in [-0.3, -0.25) is 0 Å². The first-order valence-corrected chi connectivity index (χ1v) is 15.2. The van der Waals surface area contributed by atoms with Gasteiger partial charge < -0.3 is 0 Å². The van der Waals surface area contributed by atoms with Gasteiger partial charge in [0.05, 0.1) is 11.4 Å². The lowest BCUT2D eigenvalue weighted by atomic mass is 10.00. The van der Waals surface area contributed by atoms with E-state index < -0.39 is 0 Å². The SMILES string of the molecule is c1ccc(-c2ccc(-c3cc(-c4ccc(-c5ccccc5)cc4)nc(-c4cccc5sc6ccccc6c45)n3)cc2)cc1. The van der Waals surface area contributed by atoms with Gasteiger partial charge in [-0.25, -0.2) is 9.97 Å². The minimum absolute atomic E-state index is 0.737. The molecule has 2 nitrogen and oxygen atoms in total. The van der Waals surface area contributed by atoms with Gasteiger partial charge >= 0.3 is 0 Å². The lowest BCUT2D eigenvalue weighted by molar-refractivity contribution is 1.19. The summed E-state index contributed by atoms with van der Waals surface area (Å²) in [4.78, 5) is 10.4. The standard InChI is InChI=1S/C40H26N2S/c1-3-10-27(11-4-1)29-18-22-31(23-19-29)35-26-36(32-24-20-30(21-25-32)28-12-5-2-6-13-28)42-40(41-35)34-15-9-17-38-39(34)33-14-7-8-16-37(33)43-38/h1-26H. The largest absolute Gasteiger partial charge is 0.228 e. The van der Waals surface area contributed by atoms with E-state index >= 15 is 0 Å². The van der Waals surface area contributed by atoms with Crippen LogP contribution in [-0.2, 0) is 0 Å². The van der Waals surface area contributed by atoms with Crippen molar-refractivity contribution in [3.63, 3.8) is 0 Å². The molecule has 0 atom stereocenters. The third kappa shape index (κ3) is 4.80. The molecule has 0 unspecified atom stereocenters. The molecule has 6 aromatic carbocycles. The molecule has 0 aliphatic rings. The van der Waals surface area contributed by atoms with Crippen LogP contribution in [0.5, 0.6) is 0 Å². The van der Waals surface area contributed by atoms with E-state index in [1.54, 1.807) is 0 Å². The fourth-order valence-corrected chi connectivity index (χ4v) is 6.88. The second-order valence-corrected chi connectivity index (χ2v) is 11.7. The summed E-state index contributed by atoms with van der Waals surface area (Å²) in [5.74, 6) is 0.737. The van der Waals surface area contributed by atoms with Gasteiger partial charge in [-0.15, -0.1) is 11.3 Å². The van der Waals surface area contributed by atoms with Crippen LogP contribution in [0.25, 0.3) is 76.3 Å². The van der Waals surface area contributed by atoms with E-state index in [-0.39, 0.29) is 0 Å². The maximum atomic E-state index is 5.20. The highest BCUT2D eigenvalue weighted by Crippen LogP contribution is 2.40. The molecule has 0 amide bonds. The van der Waals surface area contributed by atoms with Gasteiger partial charge in [-0.05, 0) is 40.5 Å². The van der Waals surface area contributed by atoms with E-state index in [4.69, 9.17) is 9.97 Å². The Morgan fingerprint density at radius 2 is 0.837 bits per heavy atom. The normalized spacial score (nSPS) is 11.3. The summed E-state index contributed by atoms with van der Waals surface area (Å²) in [5, 5.41) is 2.46. The molecule has 202 valence electrons. The van der Waals surface area contributed by atoms with Crippen LogP contribution in [-0.4, -0.2) is 9.97 Å². The van der Waals surface area contributed by atoms with Gasteiger partial charge in [0.25, 0.3) is 0 Å². The zero-order valence-electron chi connectivity index (χ0n) is 23.3. The molecule has 0 aliphatic heterocycles. The van der Waals surface area contributed by atoms with Gasteiger partial charge in [0.2, 0.25) is 0 Å². The Morgan fingerprint density at radius 3 is 1.42 bits per heavy atom. The minimum atomic E-state index is 0.737. The molecule has 43 heavy (non-hydrogen) atoms. The first-order valence-electron chi connectivity index (χ1n) is 14.4. The molecule has 8 rings (SSSR count). The van der Waals surface area contributed by atoms with E-state index in [0.717, 1.165) is 33.9 Å².